The molecule has 0 aliphatic carbocycles. The molecule has 0 amide bonds. The van der Waals surface area contributed by atoms with Gasteiger partial charge in [-0.15, -0.1) is 5.53 Å². The summed E-state index contributed by atoms with van der Waals surface area (Å²) in [6, 6.07) is 13.7. The topological polar surface area (TPSA) is 119 Å². The molecule has 4 aromatic rings. The minimum Gasteiger partial charge on any atom is -0.384 e. The first kappa shape index (κ1) is 16.3. The second-order valence-corrected chi connectivity index (χ2v) is 6.58. The van der Waals surface area contributed by atoms with Gasteiger partial charge in [0, 0.05) is 24.2 Å². The molecule has 1 aliphatic heterocycles. The number of hydrazine groups is 2. The van der Waals surface area contributed by atoms with Gasteiger partial charge in [-0.05, 0) is 17.2 Å². The maximum absolute atomic E-state index is 5.90. The van der Waals surface area contributed by atoms with Gasteiger partial charge in [0.25, 0.3) is 0 Å². The molecule has 0 bridgehead atoms. The molecule has 1 aromatic carbocycles. The smallest absolute Gasteiger partial charge is 0.169 e. The van der Waals surface area contributed by atoms with Crippen molar-refractivity contribution in [1.29, 1.82) is 0 Å². The Kier molecular flexibility index (Phi) is 3.91. The predicted octanol–water partition coefficient (Wildman–Crippen LogP) is 2.41. The van der Waals surface area contributed by atoms with Crippen LogP contribution in [0.4, 0.5) is 17.3 Å². The lowest BCUT2D eigenvalue weighted by molar-refractivity contribution is 0.419. The molecule has 9 nitrogen and oxygen atoms in total. The largest absolute Gasteiger partial charge is 0.384 e. The third kappa shape index (κ3) is 3.14. The zero-order valence-electron chi connectivity index (χ0n) is 14.9. The maximum Gasteiger partial charge on any atom is 0.169 e. The average Bonchev–Trinajstić information content (AvgIpc) is 3.44. The van der Waals surface area contributed by atoms with Gasteiger partial charge in [0.1, 0.15) is 11.5 Å². The van der Waals surface area contributed by atoms with Gasteiger partial charge in [-0.1, -0.05) is 35.5 Å². The molecule has 9 heteroatoms. The number of nitrogens with one attached hydrogen (secondary N) is 3. The van der Waals surface area contributed by atoms with E-state index in [1.165, 1.54) is 0 Å². The predicted molar refractivity (Wildman–Crippen MR) is 105 cm³/mol. The van der Waals surface area contributed by atoms with E-state index in [2.05, 4.69) is 31.6 Å². The van der Waals surface area contributed by atoms with Gasteiger partial charge in [-0.2, -0.15) is 5.10 Å². The van der Waals surface area contributed by atoms with Crippen LogP contribution in [-0.4, -0.2) is 19.9 Å². The lowest BCUT2D eigenvalue weighted by Gasteiger charge is -2.06. The van der Waals surface area contributed by atoms with Crippen molar-refractivity contribution >= 4 is 17.3 Å². The number of rotatable bonds is 5. The second kappa shape index (κ2) is 6.71. The van der Waals surface area contributed by atoms with Gasteiger partial charge >= 0.3 is 0 Å². The Bertz CT molecular complexity index is 1120. The number of nitrogen functional groups attached to an aromatic ring is 1. The second-order valence-electron chi connectivity index (χ2n) is 6.58. The van der Waals surface area contributed by atoms with Crippen molar-refractivity contribution in [2.24, 2.45) is 0 Å². The Labute approximate surface area is 160 Å². The van der Waals surface area contributed by atoms with Crippen LogP contribution in [0, 0.1) is 0 Å². The van der Waals surface area contributed by atoms with Crippen molar-refractivity contribution in [1.82, 2.24) is 25.5 Å². The molecular formula is C19H18N8O. The fraction of sp³-hybridized carbons (Fsp3) is 0.105. The lowest BCUT2D eigenvalue weighted by atomic mass is 10.1. The van der Waals surface area contributed by atoms with E-state index in [-0.39, 0.29) is 0 Å². The van der Waals surface area contributed by atoms with Gasteiger partial charge < -0.3 is 15.7 Å². The van der Waals surface area contributed by atoms with Gasteiger partial charge in [0.15, 0.2) is 11.6 Å². The van der Waals surface area contributed by atoms with E-state index in [1.807, 2.05) is 59.5 Å². The first-order valence-corrected chi connectivity index (χ1v) is 8.83. The van der Waals surface area contributed by atoms with Crippen LogP contribution in [0.2, 0.25) is 0 Å². The van der Waals surface area contributed by atoms with Crippen molar-refractivity contribution in [3.05, 3.63) is 71.7 Å². The van der Waals surface area contributed by atoms with E-state index >= 15 is 0 Å². The van der Waals surface area contributed by atoms with E-state index in [1.54, 1.807) is 0 Å². The first-order valence-electron chi connectivity index (χ1n) is 8.83. The number of pyridine rings is 1. The average molecular weight is 374 g/mol. The van der Waals surface area contributed by atoms with Crippen LogP contribution in [0.3, 0.4) is 0 Å². The molecule has 140 valence electrons. The van der Waals surface area contributed by atoms with Crippen molar-refractivity contribution in [3.8, 4) is 11.3 Å². The molecule has 28 heavy (non-hydrogen) atoms. The Morgan fingerprint density at radius 1 is 1.11 bits per heavy atom. The van der Waals surface area contributed by atoms with Gasteiger partial charge in [-0.3, -0.25) is 10.1 Å². The van der Waals surface area contributed by atoms with Crippen LogP contribution in [0.1, 0.15) is 16.8 Å². The summed E-state index contributed by atoms with van der Waals surface area (Å²) in [7, 11) is 0. The van der Waals surface area contributed by atoms with E-state index in [9.17, 15) is 0 Å². The third-order valence-corrected chi connectivity index (χ3v) is 4.51. The van der Waals surface area contributed by atoms with Crippen LogP contribution >= 0.6 is 0 Å². The van der Waals surface area contributed by atoms with Crippen molar-refractivity contribution in [2.45, 2.75) is 13.0 Å². The van der Waals surface area contributed by atoms with Gasteiger partial charge in [-0.25, -0.2) is 4.98 Å². The number of benzene rings is 1. The summed E-state index contributed by atoms with van der Waals surface area (Å²) >= 11 is 0. The summed E-state index contributed by atoms with van der Waals surface area (Å²) in [6.07, 6.45) is 4.52. The lowest BCUT2D eigenvalue weighted by Crippen LogP contribution is -2.19. The maximum atomic E-state index is 5.90. The minimum absolute atomic E-state index is 0.468. The molecule has 5 rings (SSSR count). The number of aromatic nitrogens is 4. The van der Waals surface area contributed by atoms with Crippen LogP contribution in [0.5, 0.6) is 0 Å². The molecule has 0 spiro atoms. The zero-order chi connectivity index (χ0) is 18.9. The van der Waals surface area contributed by atoms with Crippen LogP contribution in [0.15, 0.2) is 59.4 Å². The van der Waals surface area contributed by atoms with E-state index in [0.29, 0.717) is 24.6 Å². The highest BCUT2D eigenvalue weighted by Gasteiger charge is 2.17. The number of hydrogen-bond donors (Lipinski definition) is 4. The molecule has 3 aromatic heterocycles. The summed E-state index contributed by atoms with van der Waals surface area (Å²) in [5, 5.41) is 8.59. The number of anilines is 3. The molecular weight excluding hydrogens is 356 g/mol. The first-order chi connectivity index (χ1) is 13.7. The fourth-order valence-electron chi connectivity index (χ4n) is 3.24. The minimum atomic E-state index is 0.468. The number of hydrogen-bond acceptors (Lipinski definition) is 8. The molecule has 5 N–H and O–H groups in total. The van der Waals surface area contributed by atoms with Gasteiger partial charge in [0.05, 0.1) is 18.4 Å². The normalized spacial score (nSPS) is 12.4. The SMILES string of the molecule is Nc1cc(Cc2cnn(Cc3cc(-c4ccccc4)on3)c2)c2c(n1)NNN2. The van der Waals surface area contributed by atoms with E-state index < -0.39 is 0 Å². The van der Waals surface area contributed by atoms with Gasteiger partial charge in [0.2, 0.25) is 0 Å². The monoisotopic (exact) mass is 374 g/mol. The standard InChI is InChI=1S/C19H18N8O/c20-17-7-14(18-19(22-17)24-26-23-18)6-12-9-21-27(10-12)11-15-8-16(28-25-15)13-4-2-1-3-5-13/h1-5,7-10,23,26H,6,11H2,(H3,20,22,24). The molecule has 4 heterocycles. The summed E-state index contributed by atoms with van der Waals surface area (Å²) < 4.78 is 7.30. The Hall–Kier alpha value is -3.85. The molecule has 1 aliphatic rings. The summed E-state index contributed by atoms with van der Waals surface area (Å²) in [5.41, 5.74) is 19.5. The summed E-state index contributed by atoms with van der Waals surface area (Å²) in [6.45, 7) is 0.536. The van der Waals surface area contributed by atoms with E-state index in [4.69, 9.17) is 10.3 Å². The molecule has 0 radical (unpaired) electrons. The van der Waals surface area contributed by atoms with Crippen LogP contribution in [-0.2, 0) is 13.0 Å². The van der Waals surface area contributed by atoms with Crippen LogP contribution < -0.4 is 22.1 Å². The Morgan fingerprint density at radius 3 is 2.89 bits per heavy atom. The highest BCUT2D eigenvalue weighted by atomic mass is 16.5. The third-order valence-electron chi connectivity index (χ3n) is 4.51. The highest BCUT2D eigenvalue weighted by Crippen LogP contribution is 2.30. The van der Waals surface area contributed by atoms with E-state index in [0.717, 1.165) is 33.8 Å². The number of fused-ring (bicyclic) bond motifs is 1. The van der Waals surface area contributed by atoms with Crippen molar-refractivity contribution < 1.29 is 4.52 Å². The molecule has 0 saturated carbocycles. The molecule has 0 fully saturated rings. The summed E-state index contributed by atoms with van der Waals surface area (Å²) in [5.74, 6) is 1.91. The van der Waals surface area contributed by atoms with Crippen LogP contribution in [0.25, 0.3) is 11.3 Å². The fourth-order valence-corrected chi connectivity index (χ4v) is 3.24. The Balaban J connectivity index is 1.32. The molecule has 0 saturated heterocycles. The van der Waals surface area contributed by atoms with Crippen molar-refractivity contribution in [3.63, 3.8) is 0 Å². The molecule has 0 atom stereocenters. The highest BCUT2D eigenvalue weighted by molar-refractivity contribution is 5.74. The summed E-state index contributed by atoms with van der Waals surface area (Å²) in [4.78, 5) is 4.25. The van der Waals surface area contributed by atoms with Crippen molar-refractivity contribution in [2.75, 3.05) is 16.6 Å². The quantitative estimate of drug-likeness (QED) is 0.420. The molecule has 0 unspecified atom stereocenters. The number of nitrogens with zero attached hydrogens (tertiary/aromatic N) is 4. The zero-order valence-corrected chi connectivity index (χ0v) is 14.9. The number of nitrogens with two attached hydrogens (primary N) is 1. The Morgan fingerprint density at radius 2 is 2.00 bits per heavy atom.